The first kappa shape index (κ1) is 13.0. The molecule has 1 aliphatic carbocycles. The van der Waals surface area contributed by atoms with Crippen LogP contribution in [-0.2, 0) is 5.75 Å². The molecule has 1 aromatic rings. The Balaban J connectivity index is 1.88. The van der Waals surface area contributed by atoms with E-state index in [9.17, 15) is 5.11 Å². The van der Waals surface area contributed by atoms with Crippen molar-refractivity contribution in [1.82, 2.24) is 0 Å². The van der Waals surface area contributed by atoms with Crippen LogP contribution >= 0.6 is 11.8 Å². The van der Waals surface area contributed by atoms with Gasteiger partial charge in [0, 0.05) is 11.0 Å². The first-order valence-corrected chi connectivity index (χ1v) is 7.66. The van der Waals surface area contributed by atoms with E-state index in [4.69, 9.17) is 0 Å². The van der Waals surface area contributed by atoms with Gasteiger partial charge in [-0.25, -0.2) is 0 Å². The molecular weight excluding hydrogens is 228 g/mol. The third kappa shape index (κ3) is 4.04. The van der Waals surface area contributed by atoms with Crippen molar-refractivity contribution in [3.63, 3.8) is 0 Å². The van der Waals surface area contributed by atoms with E-state index in [1.54, 1.807) is 0 Å². The van der Waals surface area contributed by atoms with Crippen LogP contribution in [0.25, 0.3) is 0 Å². The zero-order valence-corrected chi connectivity index (χ0v) is 11.4. The van der Waals surface area contributed by atoms with E-state index in [2.05, 4.69) is 31.2 Å². The van der Waals surface area contributed by atoms with Gasteiger partial charge in [0.25, 0.3) is 0 Å². The second-order valence-corrected chi connectivity index (χ2v) is 6.27. The van der Waals surface area contributed by atoms with Crippen molar-refractivity contribution in [2.75, 3.05) is 0 Å². The average molecular weight is 250 g/mol. The predicted molar refractivity (Wildman–Crippen MR) is 75.4 cm³/mol. The fraction of sp³-hybridized carbons (Fsp3) is 0.600. The Hall–Kier alpha value is -0.470. The minimum Gasteiger partial charge on any atom is -0.392 e. The average Bonchev–Trinajstić information content (AvgIpc) is 2.52. The summed E-state index contributed by atoms with van der Waals surface area (Å²) in [6, 6.07) is 8.68. The fourth-order valence-corrected chi connectivity index (χ4v) is 3.73. The molecule has 0 heterocycles. The smallest absolute Gasteiger partial charge is 0.0658 e. The molecule has 0 aliphatic heterocycles. The van der Waals surface area contributed by atoms with Gasteiger partial charge < -0.3 is 5.11 Å². The van der Waals surface area contributed by atoms with E-state index in [0.717, 1.165) is 12.2 Å². The normalized spacial score (nSPS) is 25.5. The molecule has 0 amide bonds. The molecule has 0 saturated heterocycles. The molecule has 1 N–H and O–H groups in total. The molecule has 0 radical (unpaired) electrons. The van der Waals surface area contributed by atoms with Gasteiger partial charge in [0.1, 0.15) is 0 Å². The van der Waals surface area contributed by atoms with Gasteiger partial charge in [0.2, 0.25) is 0 Å². The fourth-order valence-electron chi connectivity index (χ4n) is 2.45. The van der Waals surface area contributed by atoms with Gasteiger partial charge in [-0.1, -0.05) is 49.1 Å². The highest BCUT2D eigenvalue weighted by molar-refractivity contribution is 7.99. The van der Waals surface area contributed by atoms with E-state index in [1.165, 1.54) is 36.8 Å². The predicted octanol–water partition coefficient (Wildman–Crippen LogP) is 3.92. The number of thioether (sulfide) groups is 1. The van der Waals surface area contributed by atoms with Crippen LogP contribution in [-0.4, -0.2) is 16.5 Å². The van der Waals surface area contributed by atoms with Crippen LogP contribution in [0.5, 0.6) is 0 Å². The highest BCUT2D eigenvalue weighted by Gasteiger charge is 2.21. The highest BCUT2D eigenvalue weighted by atomic mass is 32.2. The Bertz CT molecular complexity index is 351. The second kappa shape index (κ2) is 6.46. The molecule has 0 bridgehead atoms. The minimum absolute atomic E-state index is 0.0905. The number of aliphatic hydroxyl groups is 1. The minimum atomic E-state index is -0.0905. The van der Waals surface area contributed by atoms with Gasteiger partial charge >= 0.3 is 0 Å². The van der Waals surface area contributed by atoms with Crippen LogP contribution in [0.2, 0.25) is 0 Å². The van der Waals surface area contributed by atoms with E-state index in [0.29, 0.717) is 5.25 Å². The van der Waals surface area contributed by atoms with Crippen LogP contribution in [0.4, 0.5) is 0 Å². The van der Waals surface area contributed by atoms with Crippen molar-refractivity contribution < 1.29 is 5.11 Å². The number of aryl methyl sites for hydroxylation is 1. The van der Waals surface area contributed by atoms with Crippen LogP contribution in [0.3, 0.4) is 0 Å². The van der Waals surface area contributed by atoms with Gasteiger partial charge in [-0.2, -0.15) is 11.8 Å². The van der Waals surface area contributed by atoms with Gasteiger partial charge in [-0.15, -0.1) is 0 Å². The molecule has 1 fully saturated rings. The monoisotopic (exact) mass is 250 g/mol. The molecule has 0 aromatic heterocycles. The molecule has 1 nitrogen and oxygen atoms in total. The lowest BCUT2D eigenvalue weighted by Gasteiger charge is -2.19. The van der Waals surface area contributed by atoms with Crippen molar-refractivity contribution in [3.8, 4) is 0 Å². The molecule has 2 atom stereocenters. The Morgan fingerprint density at radius 2 is 2.06 bits per heavy atom. The largest absolute Gasteiger partial charge is 0.392 e. The lowest BCUT2D eigenvalue weighted by Crippen LogP contribution is -2.21. The lowest BCUT2D eigenvalue weighted by atomic mass is 10.1. The van der Waals surface area contributed by atoms with Crippen molar-refractivity contribution in [3.05, 3.63) is 35.4 Å². The maximum Gasteiger partial charge on any atom is 0.0658 e. The van der Waals surface area contributed by atoms with Gasteiger partial charge in [0.05, 0.1) is 6.10 Å². The Morgan fingerprint density at radius 1 is 1.24 bits per heavy atom. The summed E-state index contributed by atoms with van der Waals surface area (Å²) < 4.78 is 0. The van der Waals surface area contributed by atoms with Crippen molar-refractivity contribution >= 4 is 11.8 Å². The van der Waals surface area contributed by atoms with Crippen LogP contribution < -0.4 is 0 Å². The Labute approximate surface area is 109 Å². The van der Waals surface area contributed by atoms with E-state index in [1.807, 2.05) is 11.8 Å². The second-order valence-electron chi connectivity index (χ2n) is 5.04. The van der Waals surface area contributed by atoms with E-state index < -0.39 is 0 Å². The summed E-state index contributed by atoms with van der Waals surface area (Å²) in [7, 11) is 0. The molecule has 17 heavy (non-hydrogen) atoms. The zero-order chi connectivity index (χ0) is 12.1. The quantitative estimate of drug-likeness (QED) is 0.820. The molecule has 1 saturated carbocycles. The van der Waals surface area contributed by atoms with E-state index in [-0.39, 0.29) is 6.10 Å². The third-order valence-corrected chi connectivity index (χ3v) is 4.94. The summed E-state index contributed by atoms with van der Waals surface area (Å²) in [6.07, 6.45) is 5.85. The van der Waals surface area contributed by atoms with Crippen molar-refractivity contribution in [2.45, 2.75) is 56.1 Å². The molecule has 94 valence electrons. The summed E-state index contributed by atoms with van der Waals surface area (Å²) in [5.74, 6) is 1.03. The molecule has 1 aliphatic rings. The third-order valence-electron chi connectivity index (χ3n) is 3.46. The van der Waals surface area contributed by atoms with Crippen LogP contribution in [0.15, 0.2) is 24.3 Å². The maximum atomic E-state index is 10.1. The topological polar surface area (TPSA) is 20.2 Å². The molecule has 0 spiro atoms. The van der Waals surface area contributed by atoms with Gasteiger partial charge in [-0.3, -0.25) is 0 Å². The Kier molecular flexibility index (Phi) is 4.93. The Morgan fingerprint density at radius 3 is 2.88 bits per heavy atom. The molecule has 2 unspecified atom stereocenters. The number of benzene rings is 1. The van der Waals surface area contributed by atoms with Gasteiger partial charge in [0.15, 0.2) is 0 Å². The zero-order valence-electron chi connectivity index (χ0n) is 10.6. The highest BCUT2D eigenvalue weighted by Crippen LogP contribution is 2.30. The van der Waals surface area contributed by atoms with Crippen molar-refractivity contribution in [1.29, 1.82) is 0 Å². The SMILES string of the molecule is Cc1cccc(CSC2CCCCCC2O)c1. The van der Waals surface area contributed by atoms with Gasteiger partial charge in [-0.05, 0) is 25.3 Å². The summed E-state index contributed by atoms with van der Waals surface area (Å²) in [6.45, 7) is 2.13. The first-order chi connectivity index (χ1) is 8.25. The van der Waals surface area contributed by atoms with Crippen molar-refractivity contribution in [2.24, 2.45) is 0 Å². The number of aliphatic hydroxyl groups excluding tert-OH is 1. The molecule has 2 heteroatoms. The molecular formula is C15H22OS. The summed E-state index contributed by atoms with van der Waals surface area (Å²) in [4.78, 5) is 0. The summed E-state index contributed by atoms with van der Waals surface area (Å²) in [5.41, 5.74) is 2.70. The summed E-state index contributed by atoms with van der Waals surface area (Å²) in [5, 5.41) is 10.5. The first-order valence-electron chi connectivity index (χ1n) is 6.61. The number of hydrogen-bond acceptors (Lipinski definition) is 2. The van der Waals surface area contributed by atoms with E-state index >= 15 is 0 Å². The molecule has 2 rings (SSSR count). The summed E-state index contributed by atoms with van der Waals surface area (Å²) >= 11 is 1.93. The standard InChI is InChI=1S/C15H22OS/c1-12-6-5-7-13(10-12)11-17-15-9-4-2-3-8-14(15)16/h5-7,10,14-16H,2-4,8-9,11H2,1H3. The maximum absolute atomic E-state index is 10.1. The van der Waals surface area contributed by atoms with Crippen LogP contribution in [0, 0.1) is 6.92 Å². The van der Waals surface area contributed by atoms with Crippen LogP contribution in [0.1, 0.15) is 43.2 Å². The number of rotatable bonds is 3. The number of hydrogen-bond donors (Lipinski definition) is 1. The molecule has 1 aromatic carbocycles. The lowest BCUT2D eigenvalue weighted by molar-refractivity contribution is 0.163.